The molecule has 1 aliphatic carbocycles. The fourth-order valence-corrected chi connectivity index (χ4v) is 2.73. The molecule has 1 aromatic carbocycles. The van der Waals surface area contributed by atoms with Gasteiger partial charge in [-0.05, 0) is 31.0 Å². The molecule has 2 unspecified atom stereocenters. The van der Waals surface area contributed by atoms with Gasteiger partial charge in [0.1, 0.15) is 0 Å². The van der Waals surface area contributed by atoms with Crippen molar-refractivity contribution in [2.24, 2.45) is 0 Å². The molecule has 0 spiro atoms. The van der Waals surface area contributed by atoms with E-state index in [-0.39, 0.29) is 18.1 Å². The number of aliphatic hydroxyl groups excluding tert-OH is 1. The number of nitrogens with zero attached hydrogens (tertiary/aromatic N) is 1. The van der Waals surface area contributed by atoms with Crippen LogP contribution in [0.25, 0.3) is 0 Å². The summed E-state index contributed by atoms with van der Waals surface area (Å²) >= 11 is 0. The molecule has 21 heavy (non-hydrogen) atoms. The summed E-state index contributed by atoms with van der Waals surface area (Å²) in [7, 11) is 3.45. The molecule has 2 rings (SSSR count). The summed E-state index contributed by atoms with van der Waals surface area (Å²) in [6.07, 6.45) is 4.70. The predicted molar refractivity (Wildman–Crippen MR) is 85.4 cm³/mol. The lowest BCUT2D eigenvalue weighted by molar-refractivity contribution is 0.0827. The number of nitrogens with one attached hydrogen (secondary N) is 1. The van der Waals surface area contributed by atoms with Crippen LogP contribution in [-0.4, -0.2) is 42.2 Å². The average molecular weight is 291 g/mol. The predicted octanol–water partition coefficient (Wildman–Crippen LogP) is 2.08. The molecule has 5 heteroatoms. The van der Waals surface area contributed by atoms with E-state index in [2.05, 4.69) is 5.32 Å². The lowest BCUT2D eigenvalue weighted by Gasteiger charge is -2.24. The Bertz CT molecular complexity index is 502. The maximum Gasteiger partial charge on any atom is 0.253 e. The van der Waals surface area contributed by atoms with Crippen LogP contribution in [0.3, 0.4) is 0 Å². The number of hydrogen-bond donors (Lipinski definition) is 3. The van der Waals surface area contributed by atoms with Gasteiger partial charge >= 0.3 is 0 Å². The summed E-state index contributed by atoms with van der Waals surface area (Å²) in [5.74, 6) is -0.0561. The summed E-state index contributed by atoms with van der Waals surface area (Å²) < 4.78 is 0. The van der Waals surface area contributed by atoms with Gasteiger partial charge in [0.2, 0.25) is 0 Å². The standard InChI is InChI=1S/C16H25N3O2/c1-19(2)16(21)11-8-9-12(17)14(10-11)18-13-6-4-3-5-7-15(13)20/h8-10,13,15,18,20H,3-7,17H2,1-2H3. The first-order valence-corrected chi connectivity index (χ1v) is 7.55. The van der Waals surface area contributed by atoms with Gasteiger partial charge in [-0.2, -0.15) is 0 Å². The van der Waals surface area contributed by atoms with Crippen LogP contribution in [0.15, 0.2) is 18.2 Å². The molecule has 0 aliphatic heterocycles. The Morgan fingerprint density at radius 3 is 2.71 bits per heavy atom. The van der Waals surface area contributed by atoms with E-state index in [1.807, 2.05) is 0 Å². The fraction of sp³-hybridized carbons (Fsp3) is 0.562. The van der Waals surface area contributed by atoms with Gasteiger partial charge in [0.05, 0.1) is 23.5 Å². The normalized spacial score (nSPS) is 22.4. The Hall–Kier alpha value is -1.75. The topological polar surface area (TPSA) is 78.6 Å². The summed E-state index contributed by atoms with van der Waals surface area (Å²) in [5, 5.41) is 13.5. The second kappa shape index (κ2) is 6.80. The van der Waals surface area contributed by atoms with Crippen molar-refractivity contribution in [3.05, 3.63) is 23.8 Å². The van der Waals surface area contributed by atoms with Crippen molar-refractivity contribution in [2.45, 2.75) is 44.2 Å². The Labute approximate surface area is 126 Å². The van der Waals surface area contributed by atoms with E-state index in [1.54, 1.807) is 32.3 Å². The maximum absolute atomic E-state index is 12.0. The highest BCUT2D eigenvalue weighted by molar-refractivity contribution is 5.95. The molecule has 4 N–H and O–H groups in total. The lowest BCUT2D eigenvalue weighted by Crippen LogP contribution is -2.33. The van der Waals surface area contributed by atoms with Crippen molar-refractivity contribution in [1.82, 2.24) is 4.90 Å². The summed E-state index contributed by atoms with van der Waals surface area (Å²) in [5.41, 5.74) is 7.92. The van der Waals surface area contributed by atoms with Gasteiger partial charge in [-0.25, -0.2) is 0 Å². The molecular formula is C16H25N3O2. The third-order valence-electron chi connectivity index (χ3n) is 4.03. The van der Waals surface area contributed by atoms with Crippen molar-refractivity contribution in [3.63, 3.8) is 0 Å². The van der Waals surface area contributed by atoms with E-state index in [0.717, 1.165) is 37.8 Å². The van der Waals surface area contributed by atoms with Crippen LogP contribution in [0.1, 0.15) is 42.5 Å². The minimum atomic E-state index is -0.361. The Morgan fingerprint density at radius 2 is 2.00 bits per heavy atom. The van der Waals surface area contributed by atoms with Crippen molar-refractivity contribution in [1.29, 1.82) is 0 Å². The van der Waals surface area contributed by atoms with E-state index in [1.165, 1.54) is 4.90 Å². The van der Waals surface area contributed by atoms with Gasteiger partial charge in [-0.3, -0.25) is 4.79 Å². The quantitative estimate of drug-likeness (QED) is 0.588. The van der Waals surface area contributed by atoms with E-state index < -0.39 is 0 Å². The number of anilines is 2. The number of rotatable bonds is 3. The number of aliphatic hydroxyl groups is 1. The second-order valence-corrected chi connectivity index (χ2v) is 5.96. The largest absolute Gasteiger partial charge is 0.397 e. The molecule has 116 valence electrons. The highest BCUT2D eigenvalue weighted by atomic mass is 16.3. The Morgan fingerprint density at radius 1 is 1.29 bits per heavy atom. The highest BCUT2D eigenvalue weighted by Crippen LogP contribution is 2.26. The van der Waals surface area contributed by atoms with Gasteiger partial charge < -0.3 is 21.1 Å². The maximum atomic E-state index is 12.0. The zero-order valence-corrected chi connectivity index (χ0v) is 12.8. The van der Waals surface area contributed by atoms with Crippen LogP contribution in [0.2, 0.25) is 0 Å². The van der Waals surface area contributed by atoms with Crippen molar-refractivity contribution in [3.8, 4) is 0 Å². The van der Waals surface area contributed by atoms with Crippen molar-refractivity contribution >= 4 is 17.3 Å². The second-order valence-electron chi connectivity index (χ2n) is 5.96. The number of hydrogen-bond acceptors (Lipinski definition) is 4. The van der Waals surface area contributed by atoms with E-state index >= 15 is 0 Å². The van der Waals surface area contributed by atoms with Gasteiger partial charge in [0.25, 0.3) is 5.91 Å². The molecule has 2 atom stereocenters. The van der Waals surface area contributed by atoms with Crippen LogP contribution in [0.5, 0.6) is 0 Å². The van der Waals surface area contributed by atoms with E-state index in [9.17, 15) is 9.90 Å². The highest BCUT2D eigenvalue weighted by Gasteiger charge is 2.22. The third-order valence-corrected chi connectivity index (χ3v) is 4.03. The smallest absolute Gasteiger partial charge is 0.253 e. The van der Waals surface area contributed by atoms with Crippen LogP contribution in [0, 0.1) is 0 Å². The summed E-state index contributed by atoms with van der Waals surface area (Å²) in [4.78, 5) is 13.6. The van der Waals surface area contributed by atoms with Crippen molar-refractivity contribution < 1.29 is 9.90 Å². The zero-order chi connectivity index (χ0) is 15.4. The summed E-state index contributed by atoms with van der Waals surface area (Å²) in [6.45, 7) is 0. The van der Waals surface area contributed by atoms with Crippen LogP contribution in [0.4, 0.5) is 11.4 Å². The zero-order valence-electron chi connectivity index (χ0n) is 12.8. The lowest BCUT2D eigenvalue weighted by atomic mass is 10.0. The molecule has 1 amide bonds. The van der Waals surface area contributed by atoms with Crippen LogP contribution >= 0.6 is 0 Å². The van der Waals surface area contributed by atoms with Crippen LogP contribution in [-0.2, 0) is 0 Å². The molecule has 0 bridgehead atoms. The van der Waals surface area contributed by atoms with E-state index in [0.29, 0.717) is 11.3 Å². The first-order chi connectivity index (χ1) is 9.99. The third kappa shape index (κ3) is 3.88. The van der Waals surface area contributed by atoms with Crippen LogP contribution < -0.4 is 11.1 Å². The monoisotopic (exact) mass is 291 g/mol. The van der Waals surface area contributed by atoms with Gasteiger partial charge in [-0.1, -0.05) is 19.3 Å². The van der Waals surface area contributed by atoms with Crippen molar-refractivity contribution in [2.75, 3.05) is 25.1 Å². The van der Waals surface area contributed by atoms with Gasteiger partial charge in [0.15, 0.2) is 0 Å². The van der Waals surface area contributed by atoms with Gasteiger partial charge in [0, 0.05) is 19.7 Å². The molecule has 0 radical (unpaired) electrons. The molecule has 1 aromatic rings. The van der Waals surface area contributed by atoms with Gasteiger partial charge in [-0.15, -0.1) is 0 Å². The molecule has 1 fully saturated rings. The SMILES string of the molecule is CN(C)C(=O)c1ccc(N)c(NC2CCCCCC2O)c1. The molecule has 0 saturated heterocycles. The molecule has 0 aromatic heterocycles. The number of carbonyl (C=O) groups is 1. The number of carbonyl (C=O) groups excluding carboxylic acids is 1. The number of amides is 1. The fourth-order valence-electron chi connectivity index (χ4n) is 2.73. The average Bonchev–Trinajstić information content (AvgIpc) is 2.65. The number of benzene rings is 1. The summed E-state index contributed by atoms with van der Waals surface area (Å²) in [6, 6.07) is 5.24. The Balaban J connectivity index is 2.18. The Kier molecular flexibility index (Phi) is 5.07. The minimum absolute atomic E-state index is 0.000455. The number of nitrogen functional groups attached to an aromatic ring is 1. The molecule has 1 aliphatic rings. The molecule has 5 nitrogen and oxygen atoms in total. The first kappa shape index (κ1) is 15.6. The minimum Gasteiger partial charge on any atom is -0.397 e. The number of nitrogens with two attached hydrogens (primary N) is 1. The molecule has 1 saturated carbocycles. The van der Waals surface area contributed by atoms with E-state index in [4.69, 9.17) is 5.73 Å². The molecule has 0 heterocycles. The first-order valence-electron chi connectivity index (χ1n) is 7.55. The molecular weight excluding hydrogens is 266 g/mol.